The number of ether oxygens (including phenoxy) is 1. The molecule has 0 aromatic carbocycles. The van der Waals surface area contributed by atoms with Gasteiger partial charge in [-0.2, -0.15) is 0 Å². The first-order chi connectivity index (χ1) is 7.76. The predicted molar refractivity (Wildman–Crippen MR) is 69.7 cm³/mol. The molecule has 0 spiro atoms. The van der Waals surface area contributed by atoms with Gasteiger partial charge in [-0.05, 0) is 44.6 Å². The molecule has 94 valence electrons. The predicted octanol–water partition coefficient (Wildman–Crippen LogP) is 3.14. The van der Waals surface area contributed by atoms with Gasteiger partial charge in [0.05, 0.1) is 0 Å². The van der Waals surface area contributed by atoms with Crippen LogP contribution in [0.4, 0.5) is 0 Å². The van der Waals surface area contributed by atoms with E-state index < -0.39 is 0 Å². The van der Waals surface area contributed by atoms with Crippen LogP contribution in [-0.2, 0) is 4.74 Å². The summed E-state index contributed by atoms with van der Waals surface area (Å²) in [6.07, 6.45) is 5.93. The molecular formula is C14H27NO. The lowest BCUT2D eigenvalue weighted by atomic mass is 9.94. The van der Waals surface area contributed by atoms with Crippen LogP contribution in [0.15, 0.2) is 12.2 Å². The lowest BCUT2D eigenvalue weighted by molar-refractivity contribution is 0.181. The van der Waals surface area contributed by atoms with Crippen molar-refractivity contribution in [3.8, 4) is 0 Å². The fourth-order valence-electron chi connectivity index (χ4n) is 2.25. The molecule has 0 amide bonds. The Balaban J connectivity index is 2.32. The molecule has 0 aromatic heterocycles. The lowest BCUT2D eigenvalue weighted by Gasteiger charge is -2.22. The topological polar surface area (TPSA) is 21.3 Å². The van der Waals surface area contributed by atoms with E-state index in [0.717, 1.165) is 38.5 Å². The fourth-order valence-corrected chi connectivity index (χ4v) is 2.25. The van der Waals surface area contributed by atoms with Gasteiger partial charge in [0.15, 0.2) is 0 Å². The van der Waals surface area contributed by atoms with E-state index in [2.05, 4.69) is 25.7 Å². The Morgan fingerprint density at radius 2 is 2.31 bits per heavy atom. The van der Waals surface area contributed by atoms with E-state index in [1.165, 1.54) is 24.8 Å². The molecule has 2 nitrogen and oxygen atoms in total. The minimum atomic E-state index is 0.610. The average Bonchev–Trinajstić information content (AvgIpc) is 2.78. The van der Waals surface area contributed by atoms with Crippen LogP contribution in [-0.4, -0.2) is 25.8 Å². The first kappa shape index (κ1) is 13.7. The molecule has 0 bridgehead atoms. The van der Waals surface area contributed by atoms with Crippen LogP contribution >= 0.6 is 0 Å². The maximum atomic E-state index is 5.44. The summed E-state index contributed by atoms with van der Waals surface area (Å²) in [6.45, 7) is 11.6. The van der Waals surface area contributed by atoms with Crippen LogP contribution in [0, 0.1) is 5.92 Å². The van der Waals surface area contributed by atoms with Crippen molar-refractivity contribution in [2.45, 2.75) is 52.0 Å². The summed E-state index contributed by atoms with van der Waals surface area (Å²) in [4.78, 5) is 0. The molecule has 1 N–H and O–H groups in total. The van der Waals surface area contributed by atoms with Gasteiger partial charge in [-0.1, -0.05) is 26.0 Å². The molecular weight excluding hydrogens is 198 g/mol. The highest BCUT2D eigenvalue weighted by atomic mass is 16.5. The summed E-state index contributed by atoms with van der Waals surface area (Å²) >= 11 is 0. The first-order valence-corrected chi connectivity index (χ1v) is 6.74. The van der Waals surface area contributed by atoms with Crippen molar-refractivity contribution in [1.82, 2.24) is 5.32 Å². The van der Waals surface area contributed by atoms with Crippen molar-refractivity contribution in [2.24, 2.45) is 5.92 Å². The maximum Gasteiger partial charge on any atom is 0.0495 e. The van der Waals surface area contributed by atoms with Crippen molar-refractivity contribution in [1.29, 1.82) is 0 Å². The minimum Gasteiger partial charge on any atom is -0.381 e. The van der Waals surface area contributed by atoms with Crippen LogP contribution < -0.4 is 5.32 Å². The molecule has 2 heteroatoms. The van der Waals surface area contributed by atoms with Crippen LogP contribution in [0.5, 0.6) is 0 Å². The van der Waals surface area contributed by atoms with Crippen molar-refractivity contribution in [3.63, 3.8) is 0 Å². The molecule has 0 radical (unpaired) electrons. The van der Waals surface area contributed by atoms with E-state index in [1.54, 1.807) is 0 Å². The molecule has 1 aliphatic rings. The van der Waals surface area contributed by atoms with Crippen LogP contribution in [0.25, 0.3) is 0 Å². The fraction of sp³-hybridized carbons (Fsp3) is 0.857. The zero-order valence-corrected chi connectivity index (χ0v) is 10.9. The second-order valence-electron chi connectivity index (χ2n) is 4.92. The Kier molecular flexibility index (Phi) is 6.74. The third-order valence-electron chi connectivity index (χ3n) is 3.36. The van der Waals surface area contributed by atoms with E-state index in [0.29, 0.717) is 6.04 Å². The molecule has 16 heavy (non-hydrogen) atoms. The van der Waals surface area contributed by atoms with Crippen LogP contribution in [0.1, 0.15) is 46.0 Å². The van der Waals surface area contributed by atoms with E-state index >= 15 is 0 Å². The molecule has 1 rings (SSSR count). The number of hydrogen-bond donors (Lipinski definition) is 1. The van der Waals surface area contributed by atoms with Gasteiger partial charge in [0, 0.05) is 19.3 Å². The second kappa shape index (κ2) is 7.86. The van der Waals surface area contributed by atoms with Crippen LogP contribution in [0.2, 0.25) is 0 Å². The van der Waals surface area contributed by atoms with Gasteiger partial charge in [0.2, 0.25) is 0 Å². The Hall–Kier alpha value is -0.340. The summed E-state index contributed by atoms with van der Waals surface area (Å²) in [5.41, 5.74) is 1.37. The van der Waals surface area contributed by atoms with Gasteiger partial charge in [-0.3, -0.25) is 0 Å². The van der Waals surface area contributed by atoms with Gasteiger partial charge in [-0.25, -0.2) is 0 Å². The second-order valence-corrected chi connectivity index (χ2v) is 4.92. The number of nitrogens with one attached hydrogen (secondary N) is 1. The van der Waals surface area contributed by atoms with E-state index in [1.807, 2.05) is 0 Å². The van der Waals surface area contributed by atoms with Gasteiger partial charge in [0.1, 0.15) is 0 Å². The zero-order valence-electron chi connectivity index (χ0n) is 10.9. The Morgan fingerprint density at radius 1 is 1.50 bits per heavy atom. The first-order valence-electron chi connectivity index (χ1n) is 6.74. The summed E-state index contributed by atoms with van der Waals surface area (Å²) in [7, 11) is 0. The standard InChI is InChI=1S/C14H27NO/c1-4-7-15-14(9-12(3)5-2)10-13-6-8-16-11-13/h13-15H,3-11H2,1-2H3. The monoisotopic (exact) mass is 225 g/mol. The SMILES string of the molecule is C=C(CC)CC(CC1CCOC1)NCCC. The quantitative estimate of drug-likeness (QED) is 0.641. The van der Waals surface area contributed by atoms with Crippen molar-refractivity contribution in [2.75, 3.05) is 19.8 Å². The highest BCUT2D eigenvalue weighted by molar-refractivity contribution is 4.97. The largest absolute Gasteiger partial charge is 0.381 e. The Bertz CT molecular complexity index is 197. The molecule has 0 aliphatic carbocycles. The maximum absolute atomic E-state index is 5.44. The highest BCUT2D eigenvalue weighted by Crippen LogP contribution is 2.21. The normalized spacial score (nSPS) is 22.2. The van der Waals surface area contributed by atoms with Gasteiger partial charge in [0.25, 0.3) is 0 Å². The molecule has 1 aliphatic heterocycles. The zero-order chi connectivity index (χ0) is 11.8. The van der Waals surface area contributed by atoms with Gasteiger partial charge in [-0.15, -0.1) is 0 Å². The van der Waals surface area contributed by atoms with Gasteiger partial charge < -0.3 is 10.1 Å². The number of rotatable bonds is 8. The van der Waals surface area contributed by atoms with E-state index in [4.69, 9.17) is 4.74 Å². The van der Waals surface area contributed by atoms with Crippen LogP contribution in [0.3, 0.4) is 0 Å². The molecule has 0 aromatic rings. The van der Waals surface area contributed by atoms with Gasteiger partial charge >= 0.3 is 0 Å². The third-order valence-corrected chi connectivity index (χ3v) is 3.36. The number of hydrogen-bond acceptors (Lipinski definition) is 2. The van der Waals surface area contributed by atoms with E-state index in [-0.39, 0.29) is 0 Å². The summed E-state index contributed by atoms with van der Waals surface area (Å²) in [5, 5.41) is 3.65. The smallest absolute Gasteiger partial charge is 0.0495 e. The lowest BCUT2D eigenvalue weighted by Crippen LogP contribution is -2.32. The molecule has 1 saturated heterocycles. The molecule has 1 fully saturated rings. The van der Waals surface area contributed by atoms with E-state index in [9.17, 15) is 0 Å². The molecule has 0 saturated carbocycles. The third kappa shape index (κ3) is 5.13. The molecule has 1 heterocycles. The molecule has 2 unspecified atom stereocenters. The molecule has 2 atom stereocenters. The average molecular weight is 225 g/mol. The van der Waals surface area contributed by atoms with Crippen molar-refractivity contribution >= 4 is 0 Å². The summed E-state index contributed by atoms with van der Waals surface area (Å²) < 4.78 is 5.44. The highest BCUT2D eigenvalue weighted by Gasteiger charge is 2.20. The van der Waals surface area contributed by atoms with Crippen molar-refractivity contribution in [3.05, 3.63) is 12.2 Å². The Morgan fingerprint density at radius 3 is 2.88 bits per heavy atom. The Labute approximate surface area is 100 Å². The summed E-state index contributed by atoms with van der Waals surface area (Å²) in [5.74, 6) is 0.763. The van der Waals surface area contributed by atoms with Crippen molar-refractivity contribution < 1.29 is 4.74 Å². The minimum absolute atomic E-state index is 0.610. The summed E-state index contributed by atoms with van der Waals surface area (Å²) in [6, 6.07) is 0.610.